The zero-order valence-corrected chi connectivity index (χ0v) is 11.9. The lowest BCUT2D eigenvalue weighted by Crippen LogP contribution is -2.41. The summed E-state index contributed by atoms with van der Waals surface area (Å²) >= 11 is 0. The lowest BCUT2D eigenvalue weighted by atomic mass is 10.2. The molecular weight excluding hydrogens is 266 g/mol. The molecule has 110 valence electrons. The summed E-state index contributed by atoms with van der Waals surface area (Å²) in [5, 5.41) is 3.28. The largest absolute Gasteiger partial charge is 0.481 e. The number of carbonyl (C=O) groups excluding carboxylic acids is 1. The van der Waals surface area contributed by atoms with Crippen LogP contribution in [0.3, 0.4) is 0 Å². The lowest BCUT2D eigenvalue weighted by molar-refractivity contribution is -0.128. The van der Waals surface area contributed by atoms with Crippen molar-refractivity contribution in [2.24, 2.45) is 5.84 Å². The minimum Gasteiger partial charge on any atom is -0.481 e. The average molecular weight is 285 g/mol. The van der Waals surface area contributed by atoms with Crippen LogP contribution in [0.25, 0.3) is 0 Å². The Bertz CT molecular complexity index is 570. The Morgan fingerprint density at radius 1 is 1.10 bits per heavy atom. The Labute approximate surface area is 124 Å². The maximum absolute atomic E-state index is 11.5. The van der Waals surface area contributed by atoms with Crippen molar-refractivity contribution >= 4 is 17.3 Å². The molecule has 2 rings (SSSR count). The maximum Gasteiger partial charge on any atom is 0.274 e. The van der Waals surface area contributed by atoms with E-state index >= 15 is 0 Å². The van der Waals surface area contributed by atoms with Gasteiger partial charge in [-0.3, -0.25) is 10.2 Å². The van der Waals surface area contributed by atoms with E-state index in [0.717, 1.165) is 11.4 Å². The van der Waals surface area contributed by atoms with Crippen LogP contribution in [0.5, 0.6) is 5.75 Å². The summed E-state index contributed by atoms with van der Waals surface area (Å²) in [6.07, 6.45) is -0.0320. The Kier molecular flexibility index (Phi) is 5.17. The van der Waals surface area contributed by atoms with Gasteiger partial charge in [0.2, 0.25) is 0 Å². The van der Waals surface area contributed by atoms with Gasteiger partial charge in [0.05, 0.1) is 0 Å². The Balaban J connectivity index is 2.00. The van der Waals surface area contributed by atoms with Crippen molar-refractivity contribution in [1.82, 2.24) is 5.43 Å². The molecule has 0 saturated heterocycles. The molecular formula is C16H19N3O2. The molecule has 0 fully saturated rings. The van der Waals surface area contributed by atoms with Crippen LogP contribution < -0.4 is 21.3 Å². The number of nitrogens with two attached hydrogens (primary N) is 1. The van der Waals surface area contributed by atoms with Crippen LogP contribution in [-0.2, 0) is 4.79 Å². The van der Waals surface area contributed by atoms with E-state index in [0.29, 0.717) is 12.2 Å². The van der Waals surface area contributed by atoms with Gasteiger partial charge in [0.1, 0.15) is 5.75 Å². The molecule has 0 aromatic heterocycles. The van der Waals surface area contributed by atoms with Crippen LogP contribution in [0.1, 0.15) is 13.3 Å². The van der Waals surface area contributed by atoms with E-state index in [1.54, 1.807) is 0 Å². The number of amides is 1. The van der Waals surface area contributed by atoms with Crippen LogP contribution in [0.15, 0.2) is 54.6 Å². The minimum atomic E-state index is -0.581. The summed E-state index contributed by atoms with van der Waals surface area (Å²) in [4.78, 5) is 11.5. The van der Waals surface area contributed by atoms with Crippen molar-refractivity contribution in [3.05, 3.63) is 54.6 Å². The summed E-state index contributed by atoms with van der Waals surface area (Å²) in [6.45, 7) is 1.87. The fraction of sp³-hybridized carbons (Fsp3) is 0.188. The Morgan fingerprint density at radius 3 is 2.29 bits per heavy atom. The molecule has 0 bridgehead atoms. The minimum absolute atomic E-state index is 0.330. The van der Waals surface area contributed by atoms with Gasteiger partial charge in [0, 0.05) is 11.4 Å². The Morgan fingerprint density at radius 2 is 1.71 bits per heavy atom. The fourth-order valence-electron chi connectivity index (χ4n) is 1.88. The predicted molar refractivity (Wildman–Crippen MR) is 83.2 cm³/mol. The molecule has 1 unspecified atom stereocenters. The molecule has 5 nitrogen and oxygen atoms in total. The van der Waals surface area contributed by atoms with Gasteiger partial charge in [-0.25, -0.2) is 5.84 Å². The number of rotatable bonds is 6. The quantitative estimate of drug-likeness (QED) is 0.433. The van der Waals surface area contributed by atoms with E-state index < -0.39 is 6.10 Å². The number of para-hydroxylation sites is 1. The number of hydrazine groups is 1. The Hall–Kier alpha value is -2.53. The van der Waals surface area contributed by atoms with Crippen molar-refractivity contribution < 1.29 is 9.53 Å². The molecule has 0 saturated carbocycles. The molecule has 1 amide bonds. The highest BCUT2D eigenvalue weighted by molar-refractivity contribution is 5.80. The van der Waals surface area contributed by atoms with Gasteiger partial charge in [-0.05, 0) is 42.8 Å². The SMILES string of the molecule is CCC(Oc1ccc(Nc2ccccc2)cc1)C(=O)NN. The normalized spacial score (nSPS) is 11.5. The van der Waals surface area contributed by atoms with Gasteiger partial charge in [-0.15, -0.1) is 0 Å². The number of hydrogen-bond acceptors (Lipinski definition) is 4. The molecule has 4 N–H and O–H groups in total. The lowest BCUT2D eigenvalue weighted by Gasteiger charge is -2.16. The van der Waals surface area contributed by atoms with Crippen LogP contribution >= 0.6 is 0 Å². The van der Waals surface area contributed by atoms with Crippen molar-refractivity contribution in [3.8, 4) is 5.75 Å². The van der Waals surface area contributed by atoms with Gasteiger partial charge in [0.25, 0.3) is 5.91 Å². The van der Waals surface area contributed by atoms with Crippen molar-refractivity contribution in [2.75, 3.05) is 5.32 Å². The molecule has 0 spiro atoms. The van der Waals surface area contributed by atoms with Gasteiger partial charge < -0.3 is 10.1 Å². The van der Waals surface area contributed by atoms with Gasteiger partial charge in [-0.1, -0.05) is 25.1 Å². The standard InChI is InChI=1S/C16H19N3O2/c1-2-15(16(20)19-17)21-14-10-8-13(9-11-14)18-12-6-4-3-5-7-12/h3-11,15,18H,2,17H2,1H3,(H,19,20). The second kappa shape index (κ2) is 7.31. The van der Waals surface area contributed by atoms with Gasteiger partial charge in [0.15, 0.2) is 6.10 Å². The van der Waals surface area contributed by atoms with E-state index in [1.165, 1.54) is 0 Å². The summed E-state index contributed by atoms with van der Waals surface area (Å²) in [7, 11) is 0. The molecule has 5 heteroatoms. The highest BCUT2D eigenvalue weighted by atomic mass is 16.5. The number of ether oxygens (including phenoxy) is 1. The van der Waals surface area contributed by atoms with Gasteiger partial charge >= 0.3 is 0 Å². The van der Waals surface area contributed by atoms with Crippen LogP contribution in [0.2, 0.25) is 0 Å². The zero-order chi connectivity index (χ0) is 15.1. The number of hydrogen-bond donors (Lipinski definition) is 3. The summed E-state index contributed by atoms with van der Waals surface area (Å²) in [5.74, 6) is 5.42. The molecule has 2 aromatic rings. The summed E-state index contributed by atoms with van der Waals surface area (Å²) < 4.78 is 5.60. The molecule has 21 heavy (non-hydrogen) atoms. The molecule has 0 radical (unpaired) electrons. The highest BCUT2D eigenvalue weighted by Gasteiger charge is 2.16. The van der Waals surface area contributed by atoms with E-state index in [1.807, 2.05) is 61.5 Å². The van der Waals surface area contributed by atoms with E-state index in [9.17, 15) is 4.79 Å². The highest BCUT2D eigenvalue weighted by Crippen LogP contribution is 2.21. The van der Waals surface area contributed by atoms with Crippen LogP contribution in [0.4, 0.5) is 11.4 Å². The first-order valence-corrected chi connectivity index (χ1v) is 6.82. The zero-order valence-electron chi connectivity index (χ0n) is 11.9. The third-order valence-electron chi connectivity index (χ3n) is 3.00. The topological polar surface area (TPSA) is 76.4 Å². The number of anilines is 2. The first-order valence-electron chi connectivity index (χ1n) is 6.82. The number of carbonyl (C=O) groups is 1. The third kappa shape index (κ3) is 4.22. The molecule has 0 aliphatic heterocycles. The molecule has 0 aliphatic rings. The van der Waals surface area contributed by atoms with E-state index in [-0.39, 0.29) is 5.91 Å². The molecule has 2 aromatic carbocycles. The van der Waals surface area contributed by atoms with Crippen LogP contribution in [0, 0.1) is 0 Å². The molecule has 0 heterocycles. The van der Waals surface area contributed by atoms with E-state index in [4.69, 9.17) is 10.6 Å². The summed E-state index contributed by atoms with van der Waals surface area (Å²) in [6, 6.07) is 17.3. The monoisotopic (exact) mass is 285 g/mol. The summed E-state index contributed by atoms with van der Waals surface area (Å²) in [5.41, 5.74) is 4.07. The molecule has 1 atom stereocenters. The predicted octanol–water partition coefficient (Wildman–Crippen LogP) is 2.58. The second-order valence-electron chi connectivity index (χ2n) is 4.54. The third-order valence-corrected chi connectivity index (χ3v) is 3.00. The van der Waals surface area contributed by atoms with Crippen molar-refractivity contribution in [3.63, 3.8) is 0 Å². The maximum atomic E-state index is 11.5. The van der Waals surface area contributed by atoms with E-state index in [2.05, 4.69) is 10.7 Å². The molecule has 0 aliphatic carbocycles. The number of benzene rings is 2. The average Bonchev–Trinajstić information content (AvgIpc) is 2.54. The first-order chi connectivity index (χ1) is 10.2. The van der Waals surface area contributed by atoms with Crippen molar-refractivity contribution in [1.29, 1.82) is 0 Å². The number of nitrogens with one attached hydrogen (secondary N) is 2. The smallest absolute Gasteiger partial charge is 0.274 e. The van der Waals surface area contributed by atoms with Gasteiger partial charge in [-0.2, -0.15) is 0 Å². The fourth-order valence-corrected chi connectivity index (χ4v) is 1.88. The van der Waals surface area contributed by atoms with Crippen LogP contribution in [-0.4, -0.2) is 12.0 Å². The first kappa shape index (κ1) is 14.9. The second-order valence-corrected chi connectivity index (χ2v) is 4.54. The van der Waals surface area contributed by atoms with Crippen molar-refractivity contribution in [2.45, 2.75) is 19.4 Å².